The Morgan fingerprint density at radius 1 is 1.38 bits per heavy atom. The highest BCUT2D eigenvalue weighted by Gasteiger charge is 2.24. The zero-order chi connectivity index (χ0) is 16.0. The molecule has 2 N–H and O–H groups in total. The Morgan fingerprint density at radius 3 is 2.52 bits per heavy atom. The standard InChI is InChI=1S/C15H18N2O4/c1-15(2,3)21-14(20)17-12(13(18)19)8-10-6-4-5-7-11(10)9-16/h4-7,12H,8H2,1-3H3,(H,17,20)(H,18,19). The van der Waals surface area contributed by atoms with Crippen LogP contribution in [0.2, 0.25) is 0 Å². The van der Waals surface area contributed by atoms with Crippen molar-refractivity contribution in [3.05, 3.63) is 35.4 Å². The predicted octanol–water partition coefficient (Wildman–Crippen LogP) is 2.08. The average molecular weight is 290 g/mol. The summed E-state index contributed by atoms with van der Waals surface area (Å²) < 4.78 is 5.03. The van der Waals surface area contributed by atoms with E-state index in [1.807, 2.05) is 6.07 Å². The van der Waals surface area contributed by atoms with E-state index in [1.165, 1.54) is 0 Å². The Kier molecular flexibility index (Phi) is 5.30. The number of amides is 1. The molecule has 0 aliphatic heterocycles. The smallest absolute Gasteiger partial charge is 0.408 e. The number of hydrogen-bond acceptors (Lipinski definition) is 4. The van der Waals surface area contributed by atoms with Crippen molar-refractivity contribution in [2.75, 3.05) is 0 Å². The third-order valence-corrected chi connectivity index (χ3v) is 2.55. The SMILES string of the molecule is CC(C)(C)OC(=O)NC(Cc1ccccc1C#N)C(=O)O. The molecule has 1 rings (SSSR count). The molecule has 0 fully saturated rings. The molecule has 0 heterocycles. The number of carboxylic acids is 1. The molecule has 0 saturated heterocycles. The molecule has 0 saturated carbocycles. The monoisotopic (exact) mass is 290 g/mol. The predicted molar refractivity (Wildman–Crippen MR) is 75.7 cm³/mol. The summed E-state index contributed by atoms with van der Waals surface area (Å²) in [6, 6.07) is 7.50. The maximum absolute atomic E-state index is 11.7. The van der Waals surface area contributed by atoms with E-state index < -0.39 is 23.7 Å². The quantitative estimate of drug-likeness (QED) is 0.884. The van der Waals surface area contributed by atoms with Gasteiger partial charge < -0.3 is 15.2 Å². The van der Waals surface area contributed by atoms with Crippen LogP contribution in [0.3, 0.4) is 0 Å². The molecule has 1 amide bonds. The van der Waals surface area contributed by atoms with Crippen LogP contribution >= 0.6 is 0 Å². The van der Waals surface area contributed by atoms with Gasteiger partial charge in [-0.3, -0.25) is 0 Å². The molecule has 1 unspecified atom stereocenters. The lowest BCUT2D eigenvalue weighted by Gasteiger charge is -2.22. The molecule has 0 bridgehead atoms. The van der Waals surface area contributed by atoms with Crippen LogP contribution in [-0.4, -0.2) is 28.8 Å². The number of rotatable bonds is 4. The average Bonchev–Trinajstić information content (AvgIpc) is 2.36. The molecule has 112 valence electrons. The first-order chi connectivity index (χ1) is 9.73. The molecule has 1 atom stereocenters. The minimum atomic E-state index is -1.19. The molecule has 21 heavy (non-hydrogen) atoms. The molecule has 1 aromatic carbocycles. The maximum atomic E-state index is 11.7. The zero-order valence-electron chi connectivity index (χ0n) is 12.2. The van der Waals surface area contributed by atoms with Crippen molar-refractivity contribution in [1.29, 1.82) is 5.26 Å². The van der Waals surface area contributed by atoms with Gasteiger partial charge in [-0.15, -0.1) is 0 Å². The number of carbonyl (C=O) groups is 2. The van der Waals surface area contributed by atoms with Crippen LogP contribution in [-0.2, 0) is 16.0 Å². The number of nitriles is 1. The minimum absolute atomic E-state index is 0.0122. The van der Waals surface area contributed by atoms with Gasteiger partial charge in [0, 0.05) is 6.42 Å². The normalized spacial score (nSPS) is 12.1. The van der Waals surface area contributed by atoms with E-state index >= 15 is 0 Å². The zero-order valence-corrected chi connectivity index (χ0v) is 12.2. The Balaban J connectivity index is 2.82. The third-order valence-electron chi connectivity index (χ3n) is 2.55. The molecular formula is C15H18N2O4. The first-order valence-electron chi connectivity index (χ1n) is 6.43. The largest absolute Gasteiger partial charge is 0.480 e. The summed E-state index contributed by atoms with van der Waals surface area (Å²) in [6.45, 7) is 5.06. The Morgan fingerprint density at radius 2 is 2.00 bits per heavy atom. The van der Waals surface area contributed by atoms with Crippen LogP contribution in [0.4, 0.5) is 4.79 Å². The van der Waals surface area contributed by atoms with E-state index in [9.17, 15) is 14.7 Å². The lowest BCUT2D eigenvalue weighted by Crippen LogP contribution is -2.44. The van der Waals surface area contributed by atoms with Crippen molar-refractivity contribution in [2.24, 2.45) is 0 Å². The van der Waals surface area contributed by atoms with Crippen molar-refractivity contribution >= 4 is 12.1 Å². The van der Waals surface area contributed by atoms with Gasteiger partial charge in [0.25, 0.3) is 0 Å². The number of nitrogens with zero attached hydrogens (tertiary/aromatic N) is 1. The third kappa shape index (κ3) is 5.53. The maximum Gasteiger partial charge on any atom is 0.408 e. The van der Waals surface area contributed by atoms with Crippen LogP contribution in [0, 0.1) is 11.3 Å². The number of benzene rings is 1. The highest BCUT2D eigenvalue weighted by molar-refractivity contribution is 5.80. The molecule has 0 aliphatic carbocycles. The number of hydrogen-bond donors (Lipinski definition) is 2. The van der Waals surface area contributed by atoms with Crippen molar-refractivity contribution in [2.45, 2.75) is 38.8 Å². The highest BCUT2D eigenvalue weighted by atomic mass is 16.6. The van der Waals surface area contributed by atoms with Gasteiger partial charge in [-0.05, 0) is 32.4 Å². The Labute approximate surface area is 123 Å². The van der Waals surface area contributed by atoms with E-state index in [1.54, 1.807) is 45.0 Å². The molecule has 1 aromatic rings. The van der Waals surface area contributed by atoms with Crippen LogP contribution in [0.1, 0.15) is 31.9 Å². The second kappa shape index (κ2) is 6.75. The van der Waals surface area contributed by atoms with Crippen LogP contribution in [0.15, 0.2) is 24.3 Å². The molecule has 0 aromatic heterocycles. The number of aliphatic carboxylic acids is 1. The summed E-state index contributed by atoms with van der Waals surface area (Å²) in [6.07, 6.45) is -0.789. The summed E-state index contributed by atoms with van der Waals surface area (Å²) >= 11 is 0. The Hall–Kier alpha value is -2.55. The summed E-state index contributed by atoms with van der Waals surface area (Å²) in [5, 5.41) is 20.5. The first kappa shape index (κ1) is 16.5. The van der Waals surface area contributed by atoms with E-state index in [0.717, 1.165) is 0 Å². The van der Waals surface area contributed by atoms with E-state index in [2.05, 4.69) is 5.32 Å². The van der Waals surface area contributed by atoms with E-state index in [-0.39, 0.29) is 6.42 Å². The molecular weight excluding hydrogens is 272 g/mol. The lowest BCUT2D eigenvalue weighted by molar-refractivity contribution is -0.139. The van der Waals surface area contributed by atoms with Gasteiger partial charge in [-0.25, -0.2) is 9.59 Å². The number of carboxylic acid groups (broad SMARTS) is 1. The van der Waals surface area contributed by atoms with Gasteiger partial charge in [0.1, 0.15) is 11.6 Å². The number of ether oxygens (including phenoxy) is 1. The summed E-state index contributed by atoms with van der Waals surface area (Å²) in [7, 11) is 0. The minimum Gasteiger partial charge on any atom is -0.480 e. The fourth-order valence-corrected chi connectivity index (χ4v) is 1.68. The van der Waals surface area contributed by atoms with E-state index in [0.29, 0.717) is 11.1 Å². The number of nitrogens with one attached hydrogen (secondary N) is 1. The van der Waals surface area contributed by atoms with Gasteiger partial charge in [0.15, 0.2) is 0 Å². The summed E-state index contributed by atoms with van der Waals surface area (Å²) in [5.41, 5.74) is 0.232. The van der Waals surface area contributed by atoms with Gasteiger partial charge in [-0.1, -0.05) is 18.2 Å². The second-order valence-electron chi connectivity index (χ2n) is 5.51. The highest BCUT2D eigenvalue weighted by Crippen LogP contribution is 2.11. The van der Waals surface area contributed by atoms with Gasteiger partial charge in [-0.2, -0.15) is 5.26 Å². The van der Waals surface area contributed by atoms with Crippen molar-refractivity contribution in [3.63, 3.8) is 0 Å². The van der Waals surface area contributed by atoms with Gasteiger partial charge in [0.2, 0.25) is 0 Å². The lowest BCUT2D eigenvalue weighted by atomic mass is 10.0. The van der Waals surface area contributed by atoms with Crippen molar-refractivity contribution < 1.29 is 19.4 Å². The topological polar surface area (TPSA) is 99.4 Å². The van der Waals surface area contributed by atoms with Crippen LogP contribution < -0.4 is 5.32 Å². The number of alkyl carbamates (subject to hydrolysis) is 1. The first-order valence-corrected chi connectivity index (χ1v) is 6.43. The van der Waals surface area contributed by atoms with Gasteiger partial charge in [0.05, 0.1) is 11.6 Å². The fourth-order valence-electron chi connectivity index (χ4n) is 1.68. The fraction of sp³-hybridized carbons (Fsp3) is 0.400. The van der Waals surface area contributed by atoms with Crippen molar-refractivity contribution in [1.82, 2.24) is 5.32 Å². The molecule has 0 aliphatic rings. The second-order valence-corrected chi connectivity index (χ2v) is 5.51. The summed E-state index contributed by atoms with van der Waals surface area (Å²) in [5.74, 6) is -1.19. The molecule has 6 heteroatoms. The van der Waals surface area contributed by atoms with Crippen LogP contribution in [0.25, 0.3) is 0 Å². The van der Waals surface area contributed by atoms with Crippen LogP contribution in [0.5, 0.6) is 0 Å². The molecule has 0 radical (unpaired) electrons. The summed E-state index contributed by atoms with van der Waals surface area (Å²) in [4.78, 5) is 22.9. The molecule has 6 nitrogen and oxygen atoms in total. The van der Waals surface area contributed by atoms with Crippen molar-refractivity contribution in [3.8, 4) is 6.07 Å². The Bertz CT molecular complexity index is 570. The number of carbonyl (C=O) groups excluding carboxylic acids is 1. The molecule has 0 spiro atoms. The van der Waals surface area contributed by atoms with Gasteiger partial charge >= 0.3 is 12.1 Å². The van der Waals surface area contributed by atoms with E-state index in [4.69, 9.17) is 10.00 Å².